The van der Waals surface area contributed by atoms with Crippen LogP contribution in [-0.2, 0) is 10.0 Å². The molecule has 0 aliphatic carbocycles. The van der Waals surface area contributed by atoms with Crippen molar-refractivity contribution in [1.29, 1.82) is 0 Å². The van der Waals surface area contributed by atoms with Crippen LogP contribution in [-0.4, -0.2) is 20.4 Å². The molecule has 2 rings (SSSR count). The number of nitro benzene ring substituents is 1. The number of nitro groups is 1. The van der Waals surface area contributed by atoms with E-state index in [0.717, 1.165) is 17.8 Å². The number of nitrogens with one attached hydrogen (secondary N) is 1. The quantitative estimate of drug-likeness (QED) is 0.666. The summed E-state index contributed by atoms with van der Waals surface area (Å²) in [5.41, 5.74) is -0.399. The highest BCUT2D eigenvalue weighted by Crippen LogP contribution is 2.37. The third kappa shape index (κ3) is 3.43. The van der Waals surface area contributed by atoms with Crippen molar-refractivity contribution in [3.8, 4) is 0 Å². The highest BCUT2D eigenvalue weighted by molar-refractivity contribution is 7.99. The Morgan fingerprint density at radius 1 is 1.18 bits per heavy atom. The Bertz CT molecular complexity index is 825. The summed E-state index contributed by atoms with van der Waals surface area (Å²) in [6.45, 7) is 0. The molecule has 2 aromatic rings. The summed E-state index contributed by atoms with van der Waals surface area (Å²) in [5.74, 6) is -0.506. The normalized spacial score (nSPS) is 11.4. The van der Waals surface area contributed by atoms with E-state index < -0.39 is 26.5 Å². The molecule has 2 aromatic carbocycles. The number of hydrogen-bond acceptors (Lipinski definition) is 5. The van der Waals surface area contributed by atoms with Crippen LogP contribution in [0.1, 0.15) is 0 Å². The zero-order chi connectivity index (χ0) is 16.3. The van der Waals surface area contributed by atoms with Crippen LogP contribution in [0.5, 0.6) is 0 Å². The maximum absolute atomic E-state index is 13.6. The maximum Gasteiger partial charge on any atom is 0.284 e. The summed E-state index contributed by atoms with van der Waals surface area (Å²) in [4.78, 5) is 10.6. The van der Waals surface area contributed by atoms with E-state index in [1.165, 1.54) is 37.4 Å². The maximum atomic E-state index is 13.6. The number of sulfonamides is 1. The van der Waals surface area contributed by atoms with Crippen molar-refractivity contribution >= 4 is 27.5 Å². The number of halogens is 1. The fourth-order valence-electron chi connectivity index (χ4n) is 1.66. The predicted molar refractivity (Wildman–Crippen MR) is 79.9 cm³/mol. The standard InChI is InChI=1S/C13H11FN2O4S2/c1-15-22(19,20)9-6-7-13(11(8-9)16(17)18)21-12-5-3-2-4-10(12)14/h2-8,15H,1H3. The molecule has 0 fully saturated rings. The molecule has 1 N–H and O–H groups in total. The zero-order valence-corrected chi connectivity index (χ0v) is 12.9. The fourth-order valence-corrected chi connectivity index (χ4v) is 3.33. The molecule has 116 valence electrons. The van der Waals surface area contributed by atoms with Crippen LogP contribution >= 0.6 is 11.8 Å². The van der Waals surface area contributed by atoms with Gasteiger partial charge in [-0.15, -0.1) is 0 Å². The van der Waals surface area contributed by atoms with Gasteiger partial charge in [-0.25, -0.2) is 17.5 Å². The second-order valence-electron chi connectivity index (χ2n) is 4.13. The third-order valence-electron chi connectivity index (χ3n) is 2.76. The first-order valence-corrected chi connectivity index (χ1v) is 8.29. The number of hydrogen-bond donors (Lipinski definition) is 1. The third-order valence-corrected chi connectivity index (χ3v) is 5.29. The molecule has 0 spiro atoms. The van der Waals surface area contributed by atoms with Crippen molar-refractivity contribution in [2.24, 2.45) is 0 Å². The van der Waals surface area contributed by atoms with Crippen molar-refractivity contribution in [3.63, 3.8) is 0 Å². The lowest BCUT2D eigenvalue weighted by Gasteiger charge is -2.07. The molecule has 0 aliphatic rings. The molecule has 6 nitrogen and oxygen atoms in total. The first kappa shape index (κ1) is 16.4. The van der Waals surface area contributed by atoms with Crippen LogP contribution in [0.15, 0.2) is 57.2 Å². The van der Waals surface area contributed by atoms with E-state index >= 15 is 0 Å². The Kier molecular flexibility index (Phi) is 4.79. The summed E-state index contributed by atoms with van der Waals surface area (Å²) < 4.78 is 39.1. The van der Waals surface area contributed by atoms with Crippen LogP contribution in [0.4, 0.5) is 10.1 Å². The van der Waals surface area contributed by atoms with Gasteiger partial charge in [0.1, 0.15) is 5.82 Å². The lowest BCUT2D eigenvalue weighted by molar-refractivity contribution is -0.388. The first-order valence-electron chi connectivity index (χ1n) is 5.99. The molecule has 0 saturated heterocycles. The Balaban J connectivity index is 2.49. The summed E-state index contributed by atoms with van der Waals surface area (Å²) >= 11 is 0.864. The molecular weight excluding hydrogens is 331 g/mol. The molecule has 0 unspecified atom stereocenters. The first-order chi connectivity index (χ1) is 10.3. The topological polar surface area (TPSA) is 89.3 Å². The smallest absolute Gasteiger partial charge is 0.258 e. The average molecular weight is 342 g/mol. The lowest BCUT2D eigenvalue weighted by atomic mass is 10.3. The number of rotatable bonds is 5. The van der Waals surface area contributed by atoms with Crippen molar-refractivity contribution in [1.82, 2.24) is 4.72 Å². The molecule has 22 heavy (non-hydrogen) atoms. The van der Waals surface area contributed by atoms with E-state index in [1.54, 1.807) is 6.07 Å². The van der Waals surface area contributed by atoms with Crippen molar-refractivity contribution in [2.45, 2.75) is 14.7 Å². The van der Waals surface area contributed by atoms with Gasteiger partial charge in [0.25, 0.3) is 5.69 Å². The van der Waals surface area contributed by atoms with E-state index in [0.29, 0.717) is 0 Å². The van der Waals surface area contributed by atoms with Gasteiger partial charge in [-0.05, 0) is 31.3 Å². The Labute approximate surface area is 130 Å². The largest absolute Gasteiger partial charge is 0.284 e. The molecule has 0 saturated carbocycles. The molecular formula is C13H11FN2O4S2. The highest BCUT2D eigenvalue weighted by Gasteiger charge is 2.21. The second kappa shape index (κ2) is 6.42. The molecule has 0 bridgehead atoms. The molecule has 0 radical (unpaired) electrons. The minimum atomic E-state index is -3.79. The molecule has 9 heteroatoms. The van der Waals surface area contributed by atoms with Crippen LogP contribution in [0.2, 0.25) is 0 Å². The molecule has 0 aliphatic heterocycles. The van der Waals surface area contributed by atoms with E-state index in [4.69, 9.17) is 0 Å². The van der Waals surface area contributed by atoms with E-state index in [1.807, 2.05) is 0 Å². The van der Waals surface area contributed by atoms with E-state index in [-0.39, 0.29) is 14.7 Å². The summed E-state index contributed by atoms with van der Waals surface area (Å²) in [7, 11) is -2.58. The van der Waals surface area contributed by atoms with Gasteiger partial charge >= 0.3 is 0 Å². The van der Waals surface area contributed by atoms with Gasteiger partial charge in [-0.3, -0.25) is 10.1 Å². The Morgan fingerprint density at radius 2 is 1.86 bits per heavy atom. The van der Waals surface area contributed by atoms with Crippen molar-refractivity contribution in [2.75, 3.05) is 7.05 Å². The van der Waals surface area contributed by atoms with E-state index in [9.17, 15) is 22.9 Å². The minimum absolute atomic E-state index is 0.158. The number of nitrogens with zero attached hydrogens (tertiary/aromatic N) is 1. The number of benzene rings is 2. The van der Waals surface area contributed by atoms with Crippen LogP contribution < -0.4 is 4.72 Å². The second-order valence-corrected chi connectivity index (χ2v) is 7.10. The minimum Gasteiger partial charge on any atom is -0.258 e. The van der Waals surface area contributed by atoms with Gasteiger partial charge < -0.3 is 0 Å². The van der Waals surface area contributed by atoms with Crippen LogP contribution in [0.25, 0.3) is 0 Å². The molecule has 0 aromatic heterocycles. The zero-order valence-electron chi connectivity index (χ0n) is 11.3. The van der Waals surface area contributed by atoms with Crippen LogP contribution in [0.3, 0.4) is 0 Å². The molecule has 0 heterocycles. The molecule has 0 atom stereocenters. The Hall–Kier alpha value is -1.97. The average Bonchev–Trinajstić information content (AvgIpc) is 2.49. The SMILES string of the molecule is CNS(=O)(=O)c1ccc(Sc2ccccc2F)c([N+](=O)[O-])c1. The van der Waals surface area contributed by atoms with Gasteiger partial charge in [0, 0.05) is 11.0 Å². The summed E-state index contributed by atoms with van der Waals surface area (Å²) in [6, 6.07) is 9.33. The van der Waals surface area contributed by atoms with Gasteiger partial charge in [-0.2, -0.15) is 0 Å². The lowest BCUT2D eigenvalue weighted by Crippen LogP contribution is -2.18. The monoisotopic (exact) mass is 342 g/mol. The van der Waals surface area contributed by atoms with Gasteiger partial charge in [0.05, 0.1) is 14.7 Å². The van der Waals surface area contributed by atoms with Crippen molar-refractivity contribution in [3.05, 3.63) is 58.4 Å². The van der Waals surface area contributed by atoms with E-state index in [2.05, 4.69) is 4.72 Å². The van der Waals surface area contributed by atoms with Gasteiger partial charge in [-0.1, -0.05) is 23.9 Å². The van der Waals surface area contributed by atoms with Crippen molar-refractivity contribution < 1.29 is 17.7 Å². The molecule has 0 amide bonds. The van der Waals surface area contributed by atoms with Gasteiger partial charge in [0.15, 0.2) is 0 Å². The van der Waals surface area contributed by atoms with Gasteiger partial charge in [0.2, 0.25) is 10.0 Å². The fraction of sp³-hybridized carbons (Fsp3) is 0.0769. The van der Waals surface area contributed by atoms with Crippen LogP contribution in [0, 0.1) is 15.9 Å². The predicted octanol–water partition coefficient (Wildman–Crippen LogP) is 2.79. The summed E-state index contributed by atoms with van der Waals surface area (Å²) in [6.07, 6.45) is 0. The summed E-state index contributed by atoms with van der Waals surface area (Å²) in [5, 5.41) is 11.1. The Morgan fingerprint density at radius 3 is 2.45 bits per heavy atom. The highest BCUT2D eigenvalue weighted by atomic mass is 32.2.